The molecule has 5 nitrogen and oxygen atoms in total. The highest BCUT2D eigenvalue weighted by molar-refractivity contribution is 7.98. The molecule has 0 aromatic heterocycles. The monoisotopic (exact) mass is 357 g/mol. The summed E-state index contributed by atoms with van der Waals surface area (Å²) in [5.41, 5.74) is 7.16. The fourth-order valence-electron chi connectivity index (χ4n) is 3.31. The highest BCUT2D eigenvalue weighted by atomic mass is 32.2. The number of benzene rings is 2. The van der Waals surface area contributed by atoms with Crippen molar-refractivity contribution >= 4 is 40.0 Å². The molecule has 3 rings (SSSR count). The number of amides is 2. The number of fused-ring (bicyclic) bond motifs is 1. The number of carbonyl (C=O) groups is 2. The van der Waals surface area contributed by atoms with E-state index in [1.54, 1.807) is 34.7 Å². The number of piperazine rings is 1. The first-order chi connectivity index (χ1) is 12.0. The molecule has 2 aromatic carbocycles. The Morgan fingerprint density at radius 3 is 2.84 bits per heavy atom. The first kappa shape index (κ1) is 17.6. The largest absolute Gasteiger partial charge is 0.399 e. The van der Waals surface area contributed by atoms with Crippen LogP contribution in [0.3, 0.4) is 0 Å². The molecule has 2 aromatic rings. The van der Waals surface area contributed by atoms with E-state index in [9.17, 15) is 9.59 Å². The molecule has 1 aliphatic rings. The van der Waals surface area contributed by atoms with Crippen molar-refractivity contribution in [3.05, 3.63) is 42.0 Å². The number of hydrogen-bond donors (Lipinski definition) is 1. The van der Waals surface area contributed by atoms with E-state index in [1.807, 2.05) is 36.6 Å². The average Bonchev–Trinajstić information content (AvgIpc) is 2.61. The second-order valence-electron chi connectivity index (χ2n) is 6.34. The second kappa shape index (κ2) is 7.35. The topological polar surface area (TPSA) is 66.6 Å². The maximum atomic E-state index is 13.2. The number of thioether (sulfide) groups is 1. The maximum Gasteiger partial charge on any atom is 0.255 e. The van der Waals surface area contributed by atoms with E-state index in [-0.39, 0.29) is 17.9 Å². The van der Waals surface area contributed by atoms with Crippen LogP contribution >= 0.6 is 11.8 Å². The molecule has 1 atom stereocenters. The van der Waals surface area contributed by atoms with Gasteiger partial charge in [0, 0.05) is 31.4 Å². The maximum absolute atomic E-state index is 13.2. The number of nitrogens with two attached hydrogens (primary N) is 1. The van der Waals surface area contributed by atoms with Crippen LogP contribution in [0.5, 0.6) is 0 Å². The van der Waals surface area contributed by atoms with E-state index in [4.69, 9.17) is 5.73 Å². The van der Waals surface area contributed by atoms with Gasteiger partial charge in [-0.05, 0) is 47.4 Å². The van der Waals surface area contributed by atoms with E-state index in [0.29, 0.717) is 30.8 Å². The normalized spacial score (nSPS) is 18.0. The molecule has 25 heavy (non-hydrogen) atoms. The molecular weight excluding hydrogens is 334 g/mol. The SMILES string of the molecule is CSCCC1C(=O)N(C)CCN1C(=O)c1cccc2cc(N)ccc12. The van der Waals surface area contributed by atoms with Crippen LogP contribution in [0, 0.1) is 0 Å². The van der Waals surface area contributed by atoms with Crippen LogP contribution < -0.4 is 5.73 Å². The number of nitrogens with zero attached hydrogens (tertiary/aromatic N) is 2. The summed E-state index contributed by atoms with van der Waals surface area (Å²) >= 11 is 1.69. The Kier molecular flexibility index (Phi) is 5.18. The Bertz CT molecular complexity index is 808. The Labute approximate surface area is 152 Å². The van der Waals surface area contributed by atoms with Gasteiger partial charge in [0.05, 0.1) is 0 Å². The standard InChI is InChI=1S/C19H23N3O2S/c1-21-9-10-22(17(19(21)24)8-11-25-2)18(23)16-5-3-4-13-12-14(20)6-7-15(13)16/h3-7,12,17H,8-11,20H2,1-2H3. The summed E-state index contributed by atoms with van der Waals surface area (Å²) in [7, 11) is 1.80. The van der Waals surface area contributed by atoms with Crippen molar-refractivity contribution in [2.75, 3.05) is 37.9 Å². The number of rotatable bonds is 4. The molecular formula is C19H23N3O2S. The zero-order valence-electron chi connectivity index (χ0n) is 14.6. The van der Waals surface area contributed by atoms with E-state index >= 15 is 0 Å². The van der Waals surface area contributed by atoms with Gasteiger partial charge in [0.15, 0.2) is 0 Å². The lowest BCUT2D eigenvalue weighted by Gasteiger charge is -2.39. The van der Waals surface area contributed by atoms with Gasteiger partial charge in [0.25, 0.3) is 5.91 Å². The van der Waals surface area contributed by atoms with Gasteiger partial charge in [-0.1, -0.05) is 18.2 Å². The summed E-state index contributed by atoms with van der Waals surface area (Å²) in [6.45, 7) is 1.13. The molecule has 1 saturated heterocycles. The molecule has 1 heterocycles. The molecule has 0 bridgehead atoms. The van der Waals surface area contributed by atoms with Crippen molar-refractivity contribution in [1.82, 2.24) is 9.80 Å². The Morgan fingerprint density at radius 2 is 2.08 bits per heavy atom. The summed E-state index contributed by atoms with van der Waals surface area (Å²) in [4.78, 5) is 29.3. The summed E-state index contributed by atoms with van der Waals surface area (Å²) < 4.78 is 0. The fourth-order valence-corrected chi connectivity index (χ4v) is 3.77. The molecule has 6 heteroatoms. The van der Waals surface area contributed by atoms with Gasteiger partial charge < -0.3 is 15.5 Å². The van der Waals surface area contributed by atoms with Gasteiger partial charge in [0.1, 0.15) is 6.04 Å². The van der Waals surface area contributed by atoms with Crippen LogP contribution in [0.2, 0.25) is 0 Å². The quantitative estimate of drug-likeness (QED) is 0.854. The van der Waals surface area contributed by atoms with Crippen LogP contribution in [0.1, 0.15) is 16.8 Å². The average molecular weight is 357 g/mol. The number of likely N-dealkylation sites (N-methyl/N-ethyl adjacent to an activating group) is 1. The van der Waals surface area contributed by atoms with Crippen LogP contribution in [0.25, 0.3) is 10.8 Å². The van der Waals surface area contributed by atoms with Crippen molar-refractivity contribution in [3.8, 4) is 0 Å². The van der Waals surface area contributed by atoms with Gasteiger partial charge in [-0.3, -0.25) is 9.59 Å². The number of hydrogen-bond acceptors (Lipinski definition) is 4. The predicted molar refractivity (Wildman–Crippen MR) is 104 cm³/mol. The van der Waals surface area contributed by atoms with E-state index in [1.165, 1.54) is 0 Å². The van der Waals surface area contributed by atoms with Crippen molar-refractivity contribution in [1.29, 1.82) is 0 Å². The van der Waals surface area contributed by atoms with Crippen LogP contribution in [0.15, 0.2) is 36.4 Å². The highest BCUT2D eigenvalue weighted by Gasteiger charge is 2.36. The Hall–Kier alpha value is -2.21. The zero-order chi connectivity index (χ0) is 18.0. The second-order valence-corrected chi connectivity index (χ2v) is 7.33. The van der Waals surface area contributed by atoms with Crippen molar-refractivity contribution in [3.63, 3.8) is 0 Å². The zero-order valence-corrected chi connectivity index (χ0v) is 15.4. The van der Waals surface area contributed by atoms with E-state index < -0.39 is 0 Å². The van der Waals surface area contributed by atoms with Gasteiger partial charge in [-0.15, -0.1) is 0 Å². The minimum atomic E-state index is -0.386. The lowest BCUT2D eigenvalue weighted by Crippen LogP contribution is -2.57. The Balaban J connectivity index is 1.97. The van der Waals surface area contributed by atoms with Crippen LogP contribution in [-0.2, 0) is 4.79 Å². The molecule has 0 radical (unpaired) electrons. The van der Waals surface area contributed by atoms with Crippen molar-refractivity contribution in [2.24, 2.45) is 0 Å². The summed E-state index contributed by atoms with van der Waals surface area (Å²) in [6.07, 6.45) is 2.69. The molecule has 2 amide bonds. The lowest BCUT2D eigenvalue weighted by molar-refractivity contribution is -0.138. The van der Waals surface area contributed by atoms with Gasteiger partial charge in [-0.25, -0.2) is 0 Å². The molecule has 1 aliphatic heterocycles. The van der Waals surface area contributed by atoms with Gasteiger partial charge in [-0.2, -0.15) is 11.8 Å². The smallest absolute Gasteiger partial charge is 0.255 e. The highest BCUT2D eigenvalue weighted by Crippen LogP contribution is 2.25. The molecule has 1 unspecified atom stereocenters. The van der Waals surface area contributed by atoms with Crippen molar-refractivity contribution in [2.45, 2.75) is 12.5 Å². The molecule has 132 valence electrons. The van der Waals surface area contributed by atoms with Crippen LogP contribution in [0.4, 0.5) is 5.69 Å². The van der Waals surface area contributed by atoms with E-state index in [0.717, 1.165) is 16.5 Å². The first-order valence-electron chi connectivity index (χ1n) is 8.36. The molecule has 1 fully saturated rings. The van der Waals surface area contributed by atoms with Crippen molar-refractivity contribution < 1.29 is 9.59 Å². The molecule has 0 spiro atoms. The lowest BCUT2D eigenvalue weighted by atomic mass is 10.0. The minimum Gasteiger partial charge on any atom is -0.399 e. The van der Waals surface area contributed by atoms with Crippen LogP contribution in [-0.4, -0.2) is 59.8 Å². The third kappa shape index (κ3) is 3.44. The number of anilines is 1. The third-order valence-electron chi connectivity index (χ3n) is 4.70. The minimum absolute atomic E-state index is 0.0260. The molecule has 2 N–H and O–H groups in total. The fraction of sp³-hybridized carbons (Fsp3) is 0.368. The molecule has 0 saturated carbocycles. The van der Waals surface area contributed by atoms with Gasteiger partial charge in [0.2, 0.25) is 5.91 Å². The summed E-state index contributed by atoms with van der Waals surface area (Å²) in [5.74, 6) is 0.793. The first-order valence-corrected chi connectivity index (χ1v) is 9.75. The summed E-state index contributed by atoms with van der Waals surface area (Å²) in [5, 5.41) is 1.81. The third-order valence-corrected chi connectivity index (χ3v) is 5.35. The Morgan fingerprint density at radius 1 is 1.28 bits per heavy atom. The predicted octanol–water partition coefficient (Wildman–Crippen LogP) is 2.46. The van der Waals surface area contributed by atoms with E-state index in [2.05, 4.69) is 0 Å². The number of nitrogen functional groups attached to an aromatic ring is 1. The summed E-state index contributed by atoms with van der Waals surface area (Å²) in [6, 6.07) is 10.8. The van der Waals surface area contributed by atoms with Gasteiger partial charge >= 0.3 is 0 Å². The molecule has 0 aliphatic carbocycles. The number of carbonyl (C=O) groups excluding carboxylic acids is 2.